The van der Waals surface area contributed by atoms with E-state index in [0.29, 0.717) is 34.9 Å². The summed E-state index contributed by atoms with van der Waals surface area (Å²) in [5.41, 5.74) is 0.560. The molecule has 0 aliphatic carbocycles. The molecule has 0 saturated heterocycles. The van der Waals surface area contributed by atoms with Crippen molar-refractivity contribution in [2.24, 2.45) is 17.8 Å². The lowest BCUT2D eigenvalue weighted by molar-refractivity contribution is 0.0937. The summed E-state index contributed by atoms with van der Waals surface area (Å²) < 4.78 is 0. The zero-order valence-corrected chi connectivity index (χ0v) is 14.4. The highest BCUT2D eigenvalue weighted by molar-refractivity contribution is 7.98. The molecule has 112 valence electrons. The van der Waals surface area contributed by atoms with E-state index in [2.05, 4.69) is 33.0 Å². The van der Waals surface area contributed by atoms with Crippen molar-refractivity contribution < 1.29 is 4.79 Å². The predicted octanol–water partition coefficient (Wildman–Crippen LogP) is 4.72. The third-order valence-electron chi connectivity index (χ3n) is 3.63. The number of carbonyl (C=O) groups excluding carboxylic acids is 1. The van der Waals surface area contributed by atoms with Crippen LogP contribution in [0.4, 0.5) is 0 Å². The van der Waals surface area contributed by atoms with E-state index in [1.807, 2.05) is 18.4 Å². The van der Waals surface area contributed by atoms with Crippen molar-refractivity contribution in [3.63, 3.8) is 0 Å². The number of hydrogen-bond acceptors (Lipinski definition) is 2. The van der Waals surface area contributed by atoms with E-state index in [0.717, 1.165) is 4.90 Å². The van der Waals surface area contributed by atoms with Crippen molar-refractivity contribution in [1.29, 1.82) is 0 Å². The van der Waals surface area contributed by atoms with Gasteiger partial charge in [0, 0.05) is 11.4 Å². The number of halogens is 1. The minimum absolute atomic E-state index is 0.0859. The molecule has 0 fully saturated rings. The number of rotatable bonds is 6. The quantitative estimate of drug-likeness (QED) is 0.770. The molecular formula is C16H24ClNOS. The molecule has 0 saturated carbocycles. The summed E-state index contributed by atoms with van der Waals surface area (Å²) in [6.07, 6.45) is 1.98. The van der Waals surface area contributed by atoms with Crippen LogP contribution in [-0.4, -0.2) is 18.7 Å². The minimum Gasteiger partial charge on any atom is -0.352 e. The van der Waals surface area contributed by atoms with Crippen LogP contribution in [0.15, 0.2) is 23.1 Å². The van der Waals surface area contributed by atoms with Crippen LogP contribution in [0.1, 0.15) is 38.1 Å². The van der Waals surface area contributed by atoms with Gasteiger partial charge in [-0.1, -0.05) is 39.3 Å². The van der Waals surface area contributed by atoms with Crippen LogP contribution in [0.3, 0.4) is 0 Å². The van der Waals surface area contributed by atoms with Crippen LogP contribution in [0.2, 0.25) is 5.02 Å². The Bertz CT molecular complexity index is 452. The lowest BCUT2D eigenvalue weighted by atomic mass is 9.85. The maximum atomic E-state index is 12.3. The number of thioether (sulfide) groups is 1. The highest BCUT2D eigenvalue weighted by atomic mass is 35.5. The first kappa shape index (κ1) is 17.4. The fraction of sp³-hybridized carbons (Fsp3) is 0.562. The van der Waals surface area contributed by atoms with Gasteiger partial charge in [0.1, 0.15) is 0 Å². The number of hydrogen-bond donors (Lipinski definition) is 1. The summed E-state index contributed by atoms with van der Waals surface area (Å²) in [4.78, 5) is 13.3. The van der Waals surface area contributed by atoms with Crippen molar-refractivity contribution >= 4 is 29.3 Å². The SMILES string of the molecule is CSc1ccc(Cl)c(C(=O)NCC(C(C)C)C(C)C)c1. The van der Waals surface area contributed by atoms with E-state index in [-0.39, 0.29) is 5.91 Å². The van der Waals surface area contributed by atoms with Gasteiger partial charge in [-0.05, 0) is 42.2 Å². The van der Waals surface area contributed by atoms with E-state index in [1.165, 1.54) is 0 Å². The summed E-state index contributed by atoms with van der Waals surface area (Å²) in [5, 5.41) is 3.53. The fourth-order valence-corrected chi connectivity index (χ4v) is 3.00. The van der Waals surface area contributed by atoms with Gasteiger partial charge in [0.05, 0.1) is 10.6 Å². The van der Waals surface area contributed by atoms with Gasteiger partial charge in [-0.25, -0.2) is 0 Å². The topological polar surface area (TPSA) is 29.1 Å². The number of nitrogens with one attached hydrogen (secondary N) is 1. The largest absolute Gasteiger partial charge is 0.352 e. The molecule has 1 aromatic rings. The highest BCUT2D eigenvalue weighted by Gasteiger charge is 2.19. The molecule has 2 nitrogen and oxygen atoms in total. The van der Waals surface area contributed by atoms with Gasteiger partial charge in [-0.3, -0.25) is 4.79 Å². The highest BCUT2D eigenvalue weighted by Crippen LogP contribution is 2.24. The lowest BCUT2D eigenvalue weighted by Crippen LogP contribution is -2.34. The average molecular weight is 314 g/mol. The van der Waals surface area contributed by atoms with E-state index in [4.69, 9.17) is 11.6 Å². The maximum Gasteiger partial charge on any atom is 0.252 e. The Labute approximate surface area is 131 Å². The zero-order chi connectivity index (χ0) is 15.3. The minimum atomic E-state index is -0.0859. The van der Waals surface area contributed by atoms with Gasteiger partial charge in [0.2, 0.25) is 0 Å². The first-order valence-electron chi connectivity index (χ1n) is 6.98. The Morgan fingerprint density at radius 3 is 2.35 bits per heavy atom. The van der Waals surface area contributed by atoms with Crippen LogP contribution in [0.5, 0.6) is 0 Å². The summed E-state index contributed by atoms with van der Waals surface area (Å²) in [6, 6.07) is 5.56. The second kappa shape index (κ2) is 7.94. The second-order valence-corrected chi connectivity index (χ2v) is 6.99. The molecule has 0 unspecified atom stereocenters. The average Bonchev–Trinajstić information content (AvgIpc) is 2.38. The Morgan fingerprint density at radius 2 is 1.85 bits per heavy atom. The third kappa shape index (κ3) is 4.71. The monoisotopic (exact) mass is 313 g/mol. The zero-order valence-electron chi connectivity index (χ0n) is 12.9. The summed E-state index contributed by atoms with van der Waals surface area (Å²) in [6.45, 7) is 9.46. The Balaban J connectivity index is 2.76. The van der Waals surface area contributed by atoms with Crippen molar-refractivity contribution in [3.05, 3.63) is 28.8 Å². The van der Waals surface area contributed by atoms with Crippen LogP contribution < -0.4 is 5.32 Å². The molecule has 4 heteroatoms. The third-order valence-corrected chi connectivity index (χ3v) is 4.68. The van der Waals surface area contributed by atoms with Gasteiger partial charge in [-0.15, -0.1) is 11.8 Å². The van der Waals surface area contributed by atoms with Crippen molar-refractivity contribution in [3.8, 4) is 0 Å². The van der Waals surface area contributed by atoms with Gasteiger partial charge in [0.15, 0.2) is 0 Å². The van der Waals surface area contributed by atoms with Crippen molar-refractivity contribution in [2.75, 3.05) is 12.8 Å². The molecule has 1 N–H and O–H groups in total. The molecule has 1 rings (SSSR count). The molecular weight excluding hydrogens is 290 g/mol. The molecule has 0 aliphatic rings. The molecule has 0 aliphatic heterocycles. The lowest BCUT2D eigenvalue weighted by Gasteiger charge is -2.25. The number of benzene rings is 1. The molecule has 0 spiro atoms. The maximum absolute atomic E-state index is 12.3. The van der Waals surface area contributed by atoms with Crippen LogP contribution in [-0.2, 0) is 0 Å². The molecule has 0 heterocycles. The van der Waals surface area contributed by atoms with E-state index < -0.39 is 0 Å². The number of carbonyl (C=O) groups is 1. The van der Waals surface area contributed by atoms with E-state index >= 15 is 0 Å². The van der Waals surface area contributed by atoms with Crippen molar-refractivity contribution in [1.82, 2.24) is 5.32 Å². The molecule has 0 radical (unpaired) electrons. The van der Waals surface area contributed by atoms with Gasteiger partial charge in [0.25, 0.3) is 5.91 Å². The van der Waals surface area contributed by atoms with Gasteiger partial charge < -0.3 is 5.32 Å². The van der Waals surface area contributed by atoms with E-state index in [1.54, 1.807) is 17.8 Å². The predicted molar refractivity (Wildman–Crippen MR) is 88.7 cm³/mol. The van der Waals surface area contributed by atoms with Crippen LogP contribution in [0, 0.1) is 17.8 Å². The molecule has 0 aromatic heterocycles. The standard InChI is InChI=1S/C16H24ClNOS/c1-10(2)14(11(3)4)9-18-16(19)13-8-12(20-5)6-7-15(13)17/h6-8,10-11,14H,9H2,1-5H3,(H,18,19). The van der Waals surface area contributed by atoms with Crippen LogP contribution in [0.25, 0.3) is 0 Å². The molecule has 0 bridgehead atoms. The first-order valence-corrected chi connectivity index (χ1v) is 8.58. The fourth-order valence-electron chi connectivity index (χ4n) is 2.35. The Kier molecular flexibility index (Phi) is 6.90. The smallest absolute Gasteiger partial charge is 0.252 e. The molecule has 1 amide bonds. The summed E-state index contributed by atoms with van der Waals surface area (Å²) >= 11 is 7.72. The van der Waals surface area contributed by atoms with E-state index in [9.17, 15) is 4.79 Å². The molecule has 1 aromatic carbocycles. The summed E-state index contributed by atoms with van der Waals surface area (Å²) in [7, 11) is 0. The molecule has 0 atom stereocenters. The molecule has 20 heavy (non-hydrogen) atoms. The van der Waals surface area contributed by atoms with Gasteiger partial charge >= 0.3 is 0 Å². The normalized spacial score (nSPS) is 11.4. The van der Waals surface area contributed by atoms with Crippen molar-refractivity contribution in [2.45, 2.75) is 32.6 Å². The van der Waals surface area contributed by atoms with Crippen LogP contribution >= 0.6 is 23.4 Å². The van der Waals surface area contributed by atoms with Gasteiger partial charge in [-0.2, -0.15) is 0 Å². The second-order valence-electron chi connectivity index (χ2n) is 5.71. The Hall–Kier alpha value is -0.670. The summed E-state index contributed by atoms with van der Waals surface area (Å²) in [5.74, 6) is 1.48. The number of amides is 1. The Morgan fingerprint density at radius 1 is 1.25 bits per heavy atom. The first-order chi connectivity index (χ1) is 9.36.